The minimum Gasteiger partial charge on any atom is -0.481 e. The fraction of sp³-hybridized carbons (Fsp3) is 0.286. The molecule has 0 amide bonds. The summed E-state index contributed by atoms with van der Waals surface area (Å²) in [4.78, 5) is 8.18. The number of hydrogen-bond donors (Lipinski definition) is 0. The Morgan fingerprint density at radius 1 is 1.10 bits per heavy atom. The van der Waals surface area contributed by atoms with E-state index in [0.29, 0.717) is 16.5 Å². The Morgan fingerprint density at radius 2 is 1.85 bits per heavy atom. The first-order valence-corrected chi connectivity index (χ1v) is 8.33. The van der Waals surface area contributed by atoms with Crippen LogP contribution in [0.1, 0.15) is 10.1 Å². The highest BCUT2D eigenvalue weighted by molar-refractivity contribution is 8.19. The lowest BCUT2D eigenvalue weighted by Crippen LogP contribution is -1.94. The summed E-state index contributed by atoms with van der Waals surface area (Å²) in [6, 6.07) is 10.1. The predicted octanol–water partition coefficient (Wildman–Crippen LogP) is 3.76. The molecule has 1 aromatic carbocycles. The van der Waals surface area contributed by atoms with Crippen molar-refractivity contribution < 1.29 is 9.47 Å². The number of aromatic nitrogens is 2. The molecular formula is C14H14N2O2S2. The largest absolute Gasteiger partial charge is 0.481 e. The molecule has 0 saturated carbocycles. The molecule has 0 aliphatic carbocycles. The zero-order valence-electron chi connectivity index (χ0n) is 11.0. The van der Waals surface area contributed by atoms with E-state index in [1.807, 2.05) is 35.7 Å². The average Bonchev–Trinajstić information content (AvgIpc) is 3.02. The van der Waals surface area contributed by atoms with Crippen molar-refractivity contribution >= 4 is 23.5 Å². The van der Waals surface area contributed by atoms with Crippen molar-refractivity contribution in [3.8, 4) is 17.6 Å². The summed E-state index contributed by atoms with van der Waals surface area (Å²) < 4.78 is 11.2. The molecule has 1 saturated heterocycles. The highest BCUT2D eigenvalue weighted by Crippen LogP contribution is 2.45. The maximum Gasteiger partial charge on any atom is 0.325 e. The van der Waals surface area contributed by atoms with Gasteiger partial charge in [-0.3, -0.25) is 0 Å². The van der Waals surface area contributed by atoms with Crippen LogP contribution < -0.4 is 9.47 Å². The number of ether oxygens (including phenoxy) is 2. The second kappa shape index (κ2) is 6.37. The molecule has 1 aliphatic heterocycles. The number of methoxy groups -OCH3 is 1. The molecule has 4 nitrogen and oxygen atoms in total. The van der Waals surface area contributed by atoms with Gasteiger partial charge in [0.2, 0.25) is 5.88 Å². The van der Waals surface area contributed by atoms with Crippen LogP contribution in [0, 0.1) is 0 Å². The third-order valence-corrected chi connectivity index (χ3v) is 5.90. The van der Waals surface area contributed by atoms with Crippen molar-refractivity contribution in [1.29, 1.82) is 0 Å². The number of rotatable bonds is 4. The second-order valence-corrected chi connectivity index (χ2v) is 6.85. The molecule has 2 heterocycles. The fourth-order valence-corrected chi connectivity index (χ4v) is 4.70. The molecule has 0 bridgehead atoms. The Hall–Kier alpha value is -1.40. The van der Waals surface area contributed by atoms with E-state index in [0.717, 1.165) is 5.75 Å². The van der Waals surface area contributed by atoms with Crippen molar-refractivity contribution in [3.63, 3.8) is 0 Å². The third kappa shape index (κ3) is 3.19. The summed E-state index contributed by atoms with van der Waals surface area (Å²) in [5, 5.41) is 0. The molecule has 104 valence electrons. The van der Waals surface area contributed by atoms with E-state index in [4.69, 9.17) is 9.47 Å². The molecule has 1 fully saturated rings. The van der Waals surface area contributed by atoms with Gasteiger partial charge in [-0.25, -0.2) is 4.98 Å². The zero-order valence-corrected chi connectivity index (χ0v) is 12.6. The summed E-state index contributed by atoms with van der Waals surface area (Å²) >= 11 is 3.98. The molecule has 2 aromatic rings. The van der Waals surface area contributed by atoms with Crippen LogP contribution in [0.25, 0.3) is 0 Å². The van der Waals surface area contributed by atoms with Crippen LogP contribution in [0.5, 0.6) is 17.6 Å². The molecule has 3 rings (SSSR count). The van der Waals surface area contributed by atoms with Crippen molar-refractivity contribution in [2.75, 3.05) is 18.6 Å². The molecule has 20 heavy (non-hydrogen) atoms. The van der Waals surface area contributed by atoms with E-state index in [9.17, 15) is 0 Å². The summed E-state index contributed by atoms with van der Waals surface area (Å²) in [5.41, 5.74) is 1.33. The van der Waals surface area contributed by atoms with Crippen LogP contribution in [-0.2, 0) is 0 Å². The maximum absolute atomic E-state index is 5.62. The first-order chi connectivity index (χ1) is 9.85. The van der Waals surface area contributed by atoms with Gasteiger partial charge in [-0.1, -0.05) is 12.1 Å². The second-order valence-electron chi connectivity index (χ2n) is 4.13. The normalized spacial score (nSPS) is 15.2. The fourth-order valence-electron chi connectivity index (χ4n) is 1.84. The maximum atomic E-state index is 5.62. The molecule has 0 N–H and O–H groups in total. The standard InChI is InChI=1S/C14H14N2O2S2/c1-17-12-6-7-15-14(16-12)18-11-4-2-10(3-5-11)13-19-8-9-20-13/h2-7,13H,8-9H2,1H3. The van der Waals surface area contributed by atoms with Gasteiger partial charge in [0.15, 0.2) is 0 Å². The van der Waals surface area contributed by atoms with E-state index in [1.54, 1.807) is 19.4 Å². The van der Waals surface area contributed by atoms with Gasteiger partial charge in [0.1, 0.15) is 5.75 Å². The lowest BCUT2D eigenvalue weighted by molar-refractivity contribution is 0.376. The SMILES string of the molecule is COc1ccnc(Oc2ccc(C3SCCS3)cc2)n1. The highest BCUT2D eigenvalue weighted by Gasteiger charge is 2.18. The highest BCUT2D eigenvalue weighted by atomic mass is 32.2. The number of nitrogens with zero attached hydrogens (tertiary/aromatic N) is 2. The molecule has 0 spiro atoms. The van der Waals surface area contributed by atoms with Gasteiger partial charge in [0.05, 0.1) is 11.7 Å². The average molecular weight is 306 g/mol. The summed E-state index contributed by atoms with van der Waals surface area (Å²) in [6.07, 6.45) is 1.61. The summed E-state index contributed by atoms with van der Waals surface area (Å²) in [7, 11) is 1.57. The molecule has 1 aliphatic rings. The van der Waals surface area contributed by atoms with Gasteiger partial charge in [0, 0.05) is 23.8 Å². The van der Waals surface area contributed by atoms with E-state index in [2.05, 4.69) is 22.1 Å². The zero-order chi connectivity index (χ0) is 13.8. The van der Waals surface area contributed by atoms with Crippen LogP contribution in [0.4, 0.5) is 0 Å². The van der Waals surface area contributed by atoms with E-state index in [-0.39, 0.29) is 0 Å². The van der Waals surface area contributed by atoms with Crippen LogP contribution in [0.3, 0.4) is 0 Å². The minimum absolute atomic E-state index is 0.293. The molecule has 1 aromatic heterocycles. The summed E-state index contributed by atoms with van der Waals surface area (Å²) in [6.45, 7) is 0. The topological polar surface area (TPSA) is 44.2 Å². The lowest BCUT2D eigenvalue weighted by Gasteiger charge is -2.09. The summed E-state index contributed by atoms with van der Waals surface area (Å²) in [5.74, 6) is 3.68. The predicted molar refractivity (Wildman–Crippen MR) is 82.8 cm³/mol. The molecule has 6 heteroatoms. The van der Waals surface area contributed by atoms with E-state index >= 15 is 0 Å². The van der Waals surface area contributed by atoms with Crippen LogP contribution >= 0.6 is 23.5 Å². The number of thioether (sulfide) groups is 2. The minimum atomic E-state index is 0.293. The molecule has 0 radical (unpaired) electrons. The Labute approximate surface area is 126 Å². The van der Waals surface area contributed by atoms with Gasteiger partial charge in [-0.15, -0.1) is 23.5 Å². The molecule has 0 unspecified atom stereocenters. The van der Waals surface area contributed by atoms with Gasteiger partial charge in [0.25, 0.3) is 0 Å². The monoisotopic (exact) mass is 306 g/mol. The number of hydrogen-bond acceptors (Lipinski definition) is 6. The Balaban J connectivity index is 1.71. The Morgan fingerprint density at radius 3 is 2.55 bits per heavy atom. The van der Waals surface area contributed by atoms with E-state index < -0.39 is 0 Å². The lowest BCUT2D eigenvalue weighted by atomic mass is 10.2. The van der Waals surface area contributed by atoms with Gasteiger partial charge < -0.3 is 9.47 Å². The first kappa shape index (κ1) is 13.6. The van der Waals surface area contributed by atoms with Gasteiger partial charge in [-0.05, 0) is 17.7 Å². The van der Waals surface area contributed by atoms with Crippen LogP contribution in [0.15, 0.2) is 36.5 Å². The Bertz CT molecular complexity index is 572. The molecular weight excluding hydrogens is 292 g/mol. The smallest absolute Gasteiger partial charge is 0.325 e. The van der Waals surface area contributed by atoms with E-state index in [1.165, 1.54) is 17.1 Å². The first-order valence-electron chi connectivity index (χ1n) is 6.23. The van der Waals surface area contributed by atoms with Crippen molar-refractivity contribution in [1.82, 2.24) is 9.97 Å². The quantitative estimate of drug-likeness (QED) is 0.857. The third-order valence-electron chi connectivity index (χ3n) is 2.80. The van der Waals surface area contributed by atoms with Crippen molar-refractivity contribution in [2.45, 2.75) is 4.58 Å². The molecule has 0 atom stereocenters. The van der Waals surface area contributed by atoms with Gasteiger partial charge >= 0.3 is 6.01 Å². The van der Waals surface area contributed by atoms with Crippen molar-refractivity contribution in [2.24, 2.45) is 0 Å². The Kier molecular flexibility index (Phi) is 4.32. The van der Waals surface area contributed by atoms with Crippen molar-refractivity contribution in [3.05, 3.63) is 42.1 Å². The van der Waals surface area contributed by atoms with Gasteiger partial charge in [-0.2, -0.15) is 4.98 Å². The van der Waals surface area contributed by atoms with Crippen LogP contribution in [-0.4, -0.2) is 28.6 Å². The number of benzene rings is 1. The van der Waals surface area contributed by atoms with Crippen LogP contribution in [0.2, 0.25) is 0 Å².